The predicted molar refractivity (Wildman–Crippen MR) is 82.0 cm³/mol. The second-order valence-electron chi connectivity index (χ2n) is 4.93. The maximum absolute atomic E-state index is 13.1. The average molecular weight is 317 g/mol. The Bertz CT molecular complexity index is 717. The molecule has 2 aromatic carbocycles. The van der Waals surface area contributed by atoms with Crippen LogP contribution < -0.4 is 10.1 Å². The average Bonchev–Trinajstić information content (AvgIpc) is 2.54. The van der Waals surface area contributed by atoms with Gasteiger partial charge in [0.15, 0.2) is 0 Å². The first-order valence-corrected chi connectivity index (χ1v) is 6.92. The standard InChI is InChI=1S/C17H16FNO4/c1-23-14-7-2-4-11(8-14)9-15(17(21)22)19-16(20)12-5-3-6-13(18)10-12/h2-8,10,15H,9H2,1H3,(H,19,20)(H,21,22)/t15-/m1/s1. The van der Waals surface area contributed by atoms with Gasteiger partial charge in [-0.3, -0.25) is 4.79 Å². The molecule has 0 spiro atoms. The van der Waals surface area contributed by atoms with E-state index in [1.54, 1.807) is 24.3 Å². The summed E-state index contributed by atoms with van der Waals surface area (Å²) >= 11 is 0. The summed E-state index contributed by atoms with van der Waals surface area (Å²) in [6.07, 6.45) is 0.0909. The number of aliphatic carboxylic acids is 1. The van der Waals surface area contributed by atoms with Gasteiger partial charge >= 0.3 is 5.97 Å². The van der Waals surface area contributed by atoms with Crippen molar-refractivity contribution >= 4 is 11.9 Å². The van der Waals surface area contributed by atoms with Crippen molar-refractivity contribution in [3.63, 3.8) is 0 Å². The molecule has 0 unspecified atom stereocenters. The van der Waals surface area contributed by atoms with Crippen molar-refractivity contribution in [1.82, 2.24) is 5.32 Å². The molecule has 0 fully saturated rings. The summed E-state index contributed by atoms with van der Waals surface area (Å²) in [6, 6.07) is 10.9. The van der Waals surface area contributed by atoms with E-state index in [4.69, 9.17) is 4.74 Å². The lowest BCUT2D eigenvalue weighted by molar-refractivity contribution is -0.139. The smallest absolute Gasteiger partial charge is 0.326 e. The first kappa shape index (κ1) is 16.5. The Kier molecular flexibility index (Phi) is 5.30. The Balaban J connectivity index is 2.12. The van der Waals surface area contributed by atoms with Gasteiger partial charge in [-0.2, -0.15) is 0 Å². The van der Waals surface area contributed by atoms with Crippen molar-refractivity contribution in [2.24, 2.45) is 0 Å². The summed E-state index contributed by atoms with van der Waals surface area (Å²) in [4.78, 5) is 23.4. The molecule has 0 aromatic heterocycles. The van der Waals surface area contributed by atoms with E-state index in [1.807, 2.05) is 0 Å². The van der Waals surface area contributed by atoms with Crippen molar-refractivity contribution < 1.29 is 23.8 Å². The van der Waals surface area contributed by atoms with Gasteiger partial charge in [0.1, 0.15) is 17.6 Å². The number of carbonyl (C=O) groups excluding carboxylic acids is 1. The Morgan fingerprint density at radius 3 is 2.61 bits per heavy atom. The minimum atomic E-state index is -1.17. The number of hydrogen-bond donors (Lipinski definition) is 2. The van der Waals surface area contributed by atoms with Crippen LogP contribution in [0.25, 0.3) is 0 Å². The number of rotatable bonds is 6. The van der Waals surface area contributed by atoms with Crippen LogP contribution in [0.5, 0.6) is 5.75 Å². The molecule has 0 aliphatic heterocycles. The zero-order valence-electron chi connectivity index (χ0n) is 12.5. The monoisotopic (exact) mass is 317 g/mol. The van der Waals surface area contributed by atoms with Gasteiger partial charge in [-0.05, 0) is 35.9 Å². The number of carbonyl (C=O) groups is 2. The van der Waals surface area contributed by atoms with Gasteiger partial charge in [-0.1, -0.05) is 18.2 Å². The van der Waals surface area contributed by atoms with E-state index in [2.05, 4.69) is 5.32 Å². The minimum Gasteiger partial charge on any atom is -0.497 e. The molecule has 6 heteroatoms. The van der Waals surface area contributed by atoms with E-state index in [-0.39, 0.29) is 12.0 Å². The summed E-state index contributed by atoms with van der Waals surface area (Å²) in [5.41, 5.74) is 0.776. The molecule has 2 aromatic rings. The molecular weight excluding hydrogens is 301 g/mol. The van der Waals surface area contributed by atoms with E-state index in [0.717, 1.165) is 6.07 Å². The topological polar surface area (TPSA) is 75.6 Å². The van der Waals surface area contributed by atoms with E-state index >= 15 is 0 Å². The largest absolute Gasteiger partial charge is 0.497 e. The van der Waals surface area contributed by atoms with Crippen LogP contribution in [-0.4, -0.2) is 30.1 Å². The quantitative estimate of drug-likeness (QED) is 0.857. The molecule has 1 amide bonds. The van der Waals surface area contributed by atoms with Crippen LogP contribution in [0.15, 0.2) is 48.5 Å². The predicted octanol–water partition coefficient (Wildman–Crippen LogP) is 2.26. The molecule has 0 aliphatic rings. The molecule has 0 bridgehead atoms. The van der Waals surface area contributed by atoms with E-state index in [9.17, 15) is 19.1 Å². The third-order valence-corrected chi connectivity index (χ3v) is 3.26. The number of halogens is 1. The maximum Gasteiger partial charge on any atom is 0.326 e. The second kappa shape index (κ2) is 7.40. The summed E-state index contributed by atoms with van der Waals surface area (Å²) in [6.45, 7) is 0. The fourth-order valence-corrected chi connectivity index (χ4v) is 2.11. The highest BCUT2D eigenvalue weighted by Crippen LogP contribution is 2.14. The molecule has 0 saturated carbocycles. The fourth-order valence-electron chi connectivity index (χ4n) is 2.11. The lowest BCUT2D eigenvalue weighted by Crippen LogP contribution is -2.42. The van der Waals surface area contributed by atoms with Gasteiger partial charge < -0.3 is 15.2 Å². The van der Waals surface area contributed by atoms with Crippen molar-refractivity contribution in [2.45, 2.75) is 12.5 Å². The van der Waals surface area contributed by atoms with Gasteiger partial charge in [0.2, 0.25) is 0 Å². The normalized spacial score (nSPS) is 11.6. The summed E-state index contributed by atoms with van der Waals surface area (Å²) in [5.74, 6) is -1.77. The summed E-state index contributed by atoms with van der Waals surface area (Å²) < 4.78 is 18.2. The highest BCUT2D eigenvalue weighted by molar-refractivity contribution is 5.96. The van der Waals surface area contributed by atoms with Crippen LogP contribution in [0.4, 0.5) is 4.39 Å². The molecule has 0 aliphatic carbocycles. The molecule has 120 valence electrons. The molecule has 23 heavy (non-hydrogen) atoms. The number of carboxylic acids is 1. The zero-order valence-corrected chi connectivity index (χ0v) is 12.5. The minimum absolute atomic E-state index is 0.0712. The van der Waals surface area contributed by atoms with Crippen molar-refractivity contribution in [3.05, 3.63) is 65.5 Å². The van der Waals surface area contributed by atoms with Crippen LogP contribution in [0.3, 0.4) is 0 Å². The fraction of sp³-hybridized carbons (Fsp3) is 0.176. The van der Waals surface area contributed by atoms with Crippen molar-refractivity contribution in [3.8, 4) is 5.75 Å². The number of hydrogen-bond acceptors (Lipinski definition) is 3. The maximum atomic E-state index is 13.1. The number of carboxylic acid groups (broad SMARTS) is 1. The second-order valence-corrected chi connectivity index (χ2v) is 4.93. The first-order chi connectivity index (χ1) is 11.0. The zero-order chi connectivity index (χ0) is 16.8. The van der Waals surface area contributed by atoms with E-state index in [1.165, 1.54) is 25.3 Å². The van der Waals surface area contributed by atoms with Gasteiger partial charge in [-0.25, -0.2) is 9.18 Å². The molecule has 0 heterocycles. The van der Waals surface area contributed by atoms with Crippen LogP contribution in [0.1, 0.15) is 15.9 Å². The highest BCUT2D eigenvalue weighted by atomic mass is 19.1. The third kappa shape index (κ3) is 4.54. The van der Waals surface area contributed by atoms with Crippen LogP contribution in [-0.2, 0) is 11.2 Å². The van der Waals surface area contributed by atoms with Crippen LogP contribution in [0, 0.1) is 5.82 Å². The van der Waals surface area contributed by atoms with E-state index < -0.39 is 23.7 Å². The van der Waals surface area contributed by atoms with Gasteiger partial charge in [0, 0.05) is 12.0 Å². The highest BCUT2D eigenvalue weighted by Gasteiger charge is 2.21. The Hall–Kier alpha value is -2.89. The molecule has 2 rings (SSSR count). The molecule has 2 N–H and O–H groups in total. The van der Waals surface area contributed by atoms with Gasteiger partial charge in [0.25, 0.3) is 5.91 Å². The number of ether oxygens (including phenoxy) is 1. The molecular formula is C17H16FNO4. The molecule has 1 atom stereocenters. The summed E-state index contributed by atoms with van der Waals surface area (Å²) in [7, 11) is 1.51. The lowest BCUT2D eigenvalue weighted by atomic mass is 10.0. The number of benzene rings is 2. The Labute approximate surface area is 132 Å². The van der Waals surface area contributed by atoms with Crippen molar-refractivity contribution in [1.29, 1.82) is 0 Å². The summed E-state index contributed by atoms with van der Waals surface area (Å²) in [5, 5.41) is 11.7. The van der Waals surface area contributed by atoms with E-state index in [0.29, 0.717) is 11.3 Å². The van der Waals surface area contributed by atoms with Crippen LogP contribution >= 0.6 is 0 Å². The number of methoxy groups -OCH3 is 1. The lowest BCUT2D eigenvalue weighted by Gasteiger charge is -2.15. The molecule has 0 saturated heterocycles. The Morgan fingerprint density at radius 2 is 1.96 bits per heavy atom. The number of nitrogens with one attached hydrogen (secondary N) is 1. The van der Waals surface area contributed by atoms with Gasteiger partial charge in [-0.15, -0.1) is 0 Å². The van der Waals surface area contributed by atoms with Crippen molar-refractivity contribution in [2.75, 3.05) is 7.11 Å². The molecule has 5 nitrogen and oxygen atoms in total. The van der Waals surface area contributed by atoms with Crippen LogP contribution in [0.2, 0.25) is 0 Å². The first-order valence-electron chi connectivity index (χ1n) is 6.92. The third-order valence-electron chi connectivity index (χ3n) is 3.26. The van der Waals surface area contributed by atoms with Gasteiger partial charge in [0.05, 0.1) is 7.11 Å². The SMILES string of the molecule is COc1cccc(C[C@@H](NC(=O)c2cccc(F)c2)C(=O)O)c1. The number of amides is 1. The Morgan fingerprint density at radius 1 is 1.22 bits per heavy atom. The molecule has 0 radical (unpaired) electrons.